The minimum absolute atomic E-state index is 0.492. The standard InChI is InChI=1S/C14H18O/c1-4-6-12(7-5-2)13-8-10-14(15-3)11-9-13/h1,8-12H,5-7H2,2-3H3. The lowest BCUT2D eigenvalue weighted by atomic mass is 9.92. The van der Waals surface area contributed by atoms with E-state index in [0.717, 1.165) is 18.6 Å². The van der Waals surface area contributed by atoms with E-state index < -0.39 is 0 Å². The van der Waals surface area contributed by atoms with Gasteiger partial charge in [-0.3, -0.25) is 0 Å². The summed E-state index contributed by atoms with van der Waals surface area (Å²) in [7, 11) is 1.68. The summed E-state index contributed by atoms with van der Waals surface area (Å²) in [5.41, 5.74) is 1.32. The van der Waals surface area contributed by atoms with Crippen LogP contribution in [0.2, 0.25) is 0 Å². The molecule has 0 spiro atoms. The maximum absolute atomic E-state index is 5.38. The largest absolute Gasteiger partial charge is 0.497 e. The van der Waals surface area contributed by atoms with Crippen molar-refractivity contribution in [3.63, 3.8) is 0 Å². The highest BCUT2D eigenvalue weighted by Crippen LogP contribution is 2.26. The number of methoxy groups -OCH3 is 1. The zero-order chi connectivity index (χ0) is 11.1. The molecule has 0 heterocycles. The third-order valence-corrected chi connectivity index (χ3v) is 2.59. The van der Waals surface area contributed by atoms with Crippen LogP contribution in [0.1, 0.15) is 37.7 Å². The highest BCUT2D eigenvalue weighted by Gasteiger charge is 2.08. The molecule has 1 rings (SSSR count). The first-order valence-electron chi connectivity index (χ1n) is 5.39. The second-order valence-electron chi connectivity index (χ2n) is 3.67. The van der Waals surface area contributed by atoms with Crippen LogP contribution in [0.25, 0.3) is 0 Å². The minimum Gasteiger partial charge on any atom is -0.497 e. The van der Waals surface area contributed by atoms with Gasteiger partial charge in [0, 0.05) is 6.42 Å². The first-order valence-corrected chi connectivity index (χ1v) is 5.39. The molecule has 0 radical (unpaired) electrons. The number of hydrogen-bond acceptors (Lipinski definition) is 1. The van der Waals surface area contributed by atoms with Gasteiger partial charge >= 0.3 is 0 Å². The summed E-state index contributed by atoms with van der Waals surface area (Å²) in [5, 5.41) is 0. The number of ether oxygens (including phenoxy) is 1. The summed E-state index contributed by atoms with van der Waals surface area (Å²) >= 11 is 0. The van der Waals surface area contributed by atoms with Gasteiger partial charge in [0.2, 0.25) is 0 Å². The SMILES string of the molecule is C#CCC(CCC)c1ccc(OC)cc1. The van der Waals surface area contributed by atoms with Crippen molar-refractivity contribution in [3.8, 4) is 18.1 Å². The van der Waals surface area contributed by atoms with E-state index in [-0.39, 0.29) is 0 Å². The molecule has 0 aliphatic rings. The quantitative estimate of drug-likeness (QED) is 0.663. The molecule has 1 aromatic rings. The summed E-state index contributed by atoms with van der Waals surface area (Å²) in [5.74, 6) is 4.14. The normalized spacial score (nSPS) is 11.8. The van der Waals surface area contributed by atoms with Crippen LogP contribution in [0.15, 0.2) is 24.3 Å². The van der Waals surface area contributed by atoms with Crippen molar-refractivity contribution < 1.29 is 4.74 Å². The molecule has 0 saturated carbocycles. The topological polar surface area (TPSA) is 9.23 Å². The van der Waals surface area contributed by atoms with Crippen molar-refractivity contribution in [2.75, 3.05) is 7.11 Å². The van der Waals surface area contributed by atoms with Gasteiger partial charge in [-0.1, -0.05) is 25.5 Å². The Labute approximate surface area is 92.5 Å². The van der Waals surface area contributed by atoms with E-state index in [1.165, 1.54) is 12.0 Å². The van der Waals surface area contributed by atoms with Gasteiger partial charge in [-0.2, -0.15) is 0 Å². The molecule has 1 heteroatoms. The molecule has 80 valence electrons. The molecule has 0 aromatic heterocycles. The van der Waals surface area contributed by atoms with E-state index in [2.05, 4.69) is 25.0 Å². The number of hydrogen-bond donors (Lipinski definition) is 0. The second kappa shape index (κ2) is 6.14. The summed E-state index contributed by atoms with van der Waals surface area (Å²) in [6.45, 7) is 2.19. The summed E-state index contributed by atoms with van der Waals surface area (Å²) in [6, 6.07) is 8.20. The lowest BCUT2D eigenvalue weighted by Gasteiger charge is -2.13. The van der Waals surface area contributed by atoms with Crippen LogP contribution in [0.3, 0.4) is 0 Å². The Hall–Kier alpha value is -1.42. The molecule has 0 amide bonds. The van der Waals surface area contributed by atoms with Crippen LogP contribution in [0, 0.1) is 12.3 Å². The van der Waals surface area contributed by atoms with Crippen molar-refractivity contribution in [2.24, 2.45) is 0 Å². The van der Waals surface area contributed by atoms with Crippen LogP contribution >= 0.6 is 0 Å². The average Bonchev–Trinajstić information content (AvgIpc) is 2.29. The Kier molecular flexibility index (Phi) is 4.77. The van der Waals surface area contributed by atoms with E-state index in [0.29, 0.717) is 5.92 Å². The van der Waals surface area contributed by atoms with Crippen molar-refractivity contribution in [2.45, 2.75) is 32.1 Å². The molecular weight excluding hydrogens is 184 g/mol. The van der Waals surface area contributed by atoms with Crippen LogP contribution in [0.5, 0.6) is 5.75 Å². The van der Waals surface area contributed by atoms with Crippen LogP contribution < -0.4 is 4.74 Å². The van der Waals surface area contributed by atoms with E-state index in [9.17, 15) is 0 Å². The second-order valence-corrected chi connectivity index (χ2v) is 3.67. The summed E-state index contributed by atoms with van der Waals surface area (Å²) in [4.78, 5) is 0. The zero-order valence-electron chi connectivity index (χ0n) is 9.49. The molecule has 0 N–H and O–H groups in total. The lowest BCUT2D eigenvalue weighted by molar-refractivity contribution is 0.414. The van der Waals surface area contributed by atoms with Gasteiger partial charge in [-0.05, 0) is 30.0 Å². The third-order valence-electron chi connectivity index (χ3n) is 2.59. The van der Waals surface area contributed by atoms with E-state index in [4.69, 9.17) is 11.2 Å². The van der Waals surface area contributed by atoms with E-state index >= 15 is 0 Å². The maximum atomic E-state index is 5.38. The maximum Gasteiger partial charge on any atom is 0.118 e. The van der Waals surface area contributed by atoms with Gasteiger partial charge in [-0.25, -0.2) is 0 Å². The molecule has 0 saturated heterocycles. The van der Waals surface area contributed by atoms with Gasteiger partial charge < -0.3 is 4.74 Å². The Morgan fingerprint density at radius 1 is 1.33 bits per heavy atom. The molecule has 0 aliphatic carbocycles. The Morgan fingerprint density at radius 3 is 2.47 bits per heavy atom. The fourth-order valence-corrected chi connectivity index (χ4v) is 1.75. The first kappa shape index (κ1) is 11.7. The third kappa shape index (κ3) is 3.32. The lowest BCUT2D eigenvalue weighted by Crippen LogP contribution is -1.97. The first-order chi connectivity index (χ1) is 7.31. The Bertz CT molecular complexity index is 318. The highest BCUT2D eigenvalue weighted by molar-refractivity contribution is 5.30. The molecule has 0 bridgehead atoms. The highest BCUT2D eigenvalue weighted by atomic mass is 16.5. The molecule has 1 aromatic carbocycles. The minimum atomic E-state index is 0.492. The molecule has 1 nitrogen and oxygen atoms in total. The molecular formula is C14H18O. The smallest absolute Gasteiger partial charge is 0.118 e. The van der Waals surface area contributed by atoms with Crippen LogP contribution in [-0.4, -0.2) is 7.11 Å². The zero-order valence-corrected chi connectivity index (χ0v) is 9.49. The van der Waals surface area contributed by atoms with Crippen molar-refractivity contribution >= 4 is 0 Å². The Balaban J connectivity index is 2.77. The van der Waals surface area contributed by atoms with Crippen molar-refractivity contribution in [1.82, 2.24) is 0 Å². The van der Waals surface area contributed by atoms with Gasteiger partial charge in [0.15, 0.2) is 0 Å². The Morgan fingerprint density at radius 2 is 2.00 bits per heavy atom. The fraction of sp³-hybridized carbons (Fsp3) is 0.429. The fourth-order valence-electron chi connectivity index (χ4n) is 1.75. The predicted octanol–water partition coefficient (Wildman–Crippen LogP) is 3.60. The monoisotopic (exact) mass is 202 g/mol. The van der Waals surface area contributed by atoms with Crippen LogP contribution in [0.4, 0.5) is 0 Å². The van der Waals surface area contributed by atoms with E-state index in [1.54, 1.807) is 7.11 Å². The molecule has 1 atom stereocenters. The van der Waals surface area contributed by atoms with Crippen molar-refractivity contribution in [1.29, 1.82) is 0 Å². The number of terminal acetylenes is 1. The van der Waals surface area contributed by atoms with Crippen LogP contribution in [-0.2, 0) is 0 Å². The van der Waals surface area contributed by atoms with Gasteiger partial charge in [0.05, 0.1) is 7.11 Å². The predicted molar refractivity (Wildman–Crippen MR) is 64.1 cm³/mol. The molecule has 1 unspecified atom stereocenters. The number of benzene rings is 1. The summed E-state index contributed by atoms with van der Waals surface area (Å²) in [6.07, 6.45) is 8.51. The van der Waals surface area contributed by atoms with Gasteiger partial charge in [0.25, 0.3) is 0 Å². The van der Waals surface area contributed by atoms with Gasteiger partial charge in [-0.15, -0.1) is 12.3 Å². The van der Waals surface area contributed by atoms with Gasteiger partial charge in [0.1, 0.15) is 5.75 Å². The van der Waals surface area contributed by atoms with E-state index in [1.807, 2.05) is 12.1 Å². The molecule has 0 aliphatic heterocycles. The average molecular weight is 202 g/mol. The number of rotatable bonds is 5. The molecule has 0 fully saturated rings. The molecule has 15 heavy (non-hydrogen) atoms. The summed E-state index contributed by atoms with van der Waals surface area (Å²) < 4.78 is 5.13. The van der Waals surface area contributed by atoms with Crippen molar-refractivity contribution in [3.05, 3.63) is 29.8 Å².